The minimum absolute atomic E-state index is 0.101. The van der Waals surface area contributed by atoms with Crippen LogP contribution in [0.25, 0.3) is 0 Å². The highest BCUT2D eigenvalue weighted by atomic mass is 31.2. The summed E-state index contributed by atoms with van der Waals surface area (Å²) in [6, 6.07) is 0. The molecule has 0 bridgehead atoms. The summed E-state index contributed by atoms with van der Waals surface area (Å²) in [5.74, 6) is -0.687. The van der Waals surface area contributed by atoms with Gasteiger partial charge in [-0.25, -0.2) is 9.13 Å². The molecule has 17 nitrogen and oxygen atoms in total. The monoisotopic (exact) mass is 1410 g/mol. The SMILES string of the molecule is CCCCCC/C=C\C=C/CCCCCCCC(=O)OC[C@H](COP(=O)(O)OC[C@@H](O)COP(=O)(O)OC[C@@H](COC(=O)CCCCCCCCCCC(C)C)OC(=O)CCCCCCCCCCCC(C)C)OC(=O)CCCCCCCCCCCCCCCCCCCC. The van der Waals surface area contributed by atoms with E-state index >= 15 is 0 Å². The zero-order chi connectivity index (χ0) is 70.7. The van der Waals surface area contributed by atoms with Gasteiger partial charge in [-0.2, -0.15) is 0 Å². The van der Waals surface area contributed by atoms with E-state index in [1.807, 2.05) is 0 Å². The van der Waals surface area contributed by atoms with Crippen LogP contribution in [0.4, 0.5) is 0 Å². The standard InChI is InChI=1S/C77H146O17P2/c1-7-9-11-13-15-17-19-21-23-24-25-27-29-31-35-43-49-55-61-76(81)93-72(65-87-74(79)59-53-47-41-34-30-28-26-22-20-18-16-14-12-10-8-2)67-91-95(83,84)89-63-71(78)64-90-96(85,86)92-68-73(66-88-75(80)60-54-48-42-38-37-40-46-52-58-70(5)6)94-77(82)62-56-50-44-36-32-33-39-45-51-57-69(3)4/h18,20,22,26,69-73,78H,7-17,19,21,23-25,27-68H2,1-6H3,(H,83,84)(H,85,86)/b20-18-,26-22-/t71-,72-,73-/m1/s1. The number of aliphatic hydroxyl groups is 1. The molecule has 0 saturated carbocycles. The first-order valence-corrected chi connectivity index (χ1v) is 42.3. The van der Waals surface area contributed by atoms with Gasteiger partial charge in [0.2, 0.25) is 0 Å². The Morgan fingerprint density at radius 3 is 0.854 bits per heavy atom. The number of allylic oxidation sites excluding steroid dienone is 4. The Kier molecular flexibility index (Phi) is 66.6. The van der Waals surface area contributed by atoms with Crippen LogP contribution < -0.4 is 0 Å². The van der Waals surface area contributed by atoms with Gasteiger partial charge in [0.25, 0.3) is 0 Å². The molecule has 0 saturated heterocycles. The number of unbranched alkanes of at least 4 members (excludes halogenated alkanes) is 41. The number of carbonyl (C=O) groups excluding carboxylic acids is 4. The molecule has 5 atom stereocenters. The van der Waals surface area contributed by atoms with Gasteiger partial charge >= 0.3 is 39.5 Å². The Labute approximate surface area is 586 Å². The average Bonchev–Trinajstić information content (AvgIpc) is 1.29. The minimum atomic E-state index is -4.97. The van der Waals surface area contributed by atoms with Gasteiger partial charge in [-0.1, -0.05) is 323 Å². The molecule has 2 unspecified atom stereocenters. The quantitative estimate of drug-likeness (QED) is 0.0169. The molecule has 0 aromatic heterocycles. The van der Waals surface area contributed by atoms with Crippen molar-refractivity contribution in [1.82, 2.24) is 0 Å². The van der Waals surface area contributed by atoms with E-state index < -0.39 is 97.5 Å². The van der Waals surface area contributed by atoms with Crippen molar-refractivity contribution in [3.8, 4) is 0 Å². The fraction of sp³-hybridized carbons (Fsp3) is 0.896. The Morgan fingerprint density at radius 1 is 0.323 bits per heavy atom. The lowest BCUT2D eigenvalue weighted by molar-refractivity contribution is -0.161. The predicted molar refractivity (Wildman–Crippen MR) is 391 cm³/mol. The van der Waals surface area contributed by atoms with Crippen molar-refractivity contribution in [2.24, 2.45) is 11.8 Å². The fourth-order valence-electron chi connectivity index (χ4n) is 11.3. The van der Waals surface area contributed by atoms with Gasteiger partial charge in [-0.3, -0.25) is 37.3 Å². The number of esters is 4. The summed E-state index contributed by atoms with van der Waals surface area (Å²) in [5.41, 5.74) is 0. The van der Waals surface area contributed by atoms with Crippen LogP contribution in [0.1, 0.15) is 375 Å². The second-order valence-corrected chi connectivity index (χ2v) is 30.9. The fourth-order valence-corrected chi connectivity index (χ4v) is 12.9. The molecule has 0 aromatic rings. The van der Waals surface area contributed by atoms with Crippen LogP contribution in [-0.4, -0.2) is 96.7 Å². The predicted octanol–water partition coefficient (Wildman–Crippen LogP) is 22.3. The van der Waals surface area contributed by atoms with Gasteiger partial charge in [0.05, 0.1) is 26.4 Å². The first-order valence-electron chi connectivity index (χ1n) is 39.3. The highest BCUT2D eigenvalue weighted by Gasteiger charge is 2.30. The molecule has 3 N–H and O–H groups in total. The van der Waals surface area contributed by atoms with Crippen molar-refractivity contribution in [2.45, 2.75) is 394 Å². The van der Waals surface area contributed by atoms with E-state index in [0.29, 0.717) is 25.7 Å². The molecular formula is C77H146O17P2. The number of rotatable bonds is 74. The van der Waals surface area contributed by atoms with E-state index in [-0.39, 0.29) is 25.7 Å². The molecule has 0 spiro atoms. The van der Waals surface area contributed by atoms with Crippen LogP contribution in [-0.2, 0) is 65.4 Å². The van der Waals surface area contributed by atoms with E-state index in [9.17, 15) is 43.2 Å². The molecule has 19 heteroatoms. The Morgan fingerprint density at radius 2 is 0.562 bits per heavy atom. The lowest BCUT2D eigenvalue weighted by Gasteiger charge is -2.21. The number of aliphatic hydroxyl groups excluding tert-OH is 1. The molecule has 0 aliphatic rings. The van der Waals surface area contributed by atoms with Crippen molar-refractivity contribution >= 4 is 39.5 Å². The van der Waals surface area contributed by atoms with E-state index in [0.717, 1.165) is 121 Å². The molecule has 96 heavy (non-hydrogen) atoms. The average molecular weight is 1410 g/mol. The van der Waals surface area contributed by atoms with Gasteiger partial charge in [-0.05, 0) is 63.2 Å². The van der Waals surface area contributed by atoms with Crippen molar-refractivity contribution in [3.63, 3.8) is 0 Å². The van der Waals surface area contributed by atoms with Gasteiger partial charge in [0.15, 0.2) is 12.2 Å². The van der Waals surface area contributed by atoms with E-state index in [1.165, 1.54) is 173 Å². The zero-order valence-corrected chi connectivity index (χ0v) is 63.9. The highest BCUT2D eigenvalue weighted by molar-refractivity contribution is 7.47. The van der Waals surface area contributed by atoms with Gasteiger partial charge in [0, 0.05) is 25.7 Å². The molecular weight excluding hydrogens is 1260 g/mol. The molecule has 0 aromatic carbocycles. The van der Waals surface area contributed by atoms with Crippen molar-refractivity contribution in [1.29, 1.82) is 0 Å². The maximum absolute atomic E-state index is 13.1. The number of phosphoric acid groups is 2. The van der Waals surface area contributed by atoms with E-state index in [4.69, 9.17) is 37.0 Å². The Hall–Kier alpha value is -2.46. The third-order valence-electron chi connectivity index (χ3n) is 17.3. The Bertz CT molecular complexity index is 1950. The van der Waals surface area contributed by atoms with Crippen LogP contribution in [0.5, 0.6) is 0 Å². The molecule has 0 aliphatic heterocycles. The molecule has 0 radical (unpaired) electrons. The van der Waals surface area contributed by atoms with E-state index in [2.05, 4.69) is 65.8 Å². The maximum Gasteiger partial charge on any atom is 0.472 e. The molecule has 0 fully saturated rings. The summed E-state index contributed by atoms with van der Waals surface area (Å²) in [6.45, 7) is 9.47. The summed E-state index contributed by atoms with van der Waals surface area (Å²) < 4.78 is 68.5. The zero-order valence-electron chi connectivity index (χ0n) is 62.2. The molecule has 566 valence electrons. The number of hydrogen-bond donors (Lipinski definition) is 3. The number of phosphoric ester groups is 2. The summed E-state index contributed by atoms with van der Waals surface area (Å²) >= 11 is 0. The van der Waals surface area contributed by atoms with Crippen molar-refractivity contribution < 1.29 is 80.2 Å². The van der Waals surface area contributed by atoms with Crippen LogP contribution in [0.15, 0.2) is 24.3 Å². The third kappa shape index (κ3) is 70.0. The number of ether oxygens (including phenoxy) is 4. The van der Waals surface area contributed by atoms with Gasteiger partial charge in [-0.15, -0.1) is 0 Å². The third-order valence-corrected chi connectivity index (χ3v) is 19.2. The van der Waals surface area contributed by atoms with Gasteiger partial charge in [0.1, 0.15) is 19.3 Å². The van der Waals surface area contributed by atoms with E-state index in [1.54, 1.807) is 0 Å². The summed E-state index contributed by atoms with van der Waals surface area (Å²) in [4.78, 5) is 72.8. The largest absolute Gasteiger partial charge is 0.472 e. The number of carbonyl (C=O) groups is 4. The van der Waals surface area contributed by atoms with Crippen molar-refractivity contribution in [2.75, 3.05) is 39.6 Å². The molecule has 0 heterocycles. The van der Waals surface area contributed by atoms with Crippen LogP contribution in [0, 0.1) is 11.8 Å². The summed E-state index contributed by atoms with van der Waals surface area (Å²) in [5, 5.41) is 10.6. The molecule has 0 rings (SSSR count). The van der Waals surface area contributed by atoms with Crippen LogP contribution in [0.3, 0.4) is 0 Å². The van der Waals surface area contributed by atoms with Crippen molar-refractivity contribution in [3.05, 3.63) is 24.3 Å². The maximum atomic E-state index is 13.1. The topological polar surface area (TPSA) is 237 Å². The summed E-state index contributed by atoms with van der Waals surface area (Å²) in [7, 11) is -9.92. The first kappa shape index (κ1) is 93.5. The smallest absolute Gasteiger partial charge is 0.462 e. The molecule has 0 aliphatic carbocycles. The highest BCUT2D eigenvalue weighted by Crippen LogP contribution is 2.45. The number of hydrogen-bond acceptors (Lipinski definition) is 15. The van der Waals surface area contributed by atoms with Gasteiger partial charge < -0.3 is 33.8 Å². The van der Waals surface area contributed by atoms with Crippen LogP contribution in [0.2, 0.25) is 0 Å². The minimum Gasteiger partial charge on any atom is -0.462 e. The molecule has 0 amide bonds. The summed E-state index contributed by atoms with van der Waals surface area (Å²) in [6.07, 6.45) is 59.1. The Balaban J connectivity index is 5.28. The normalized spacial score (nSPS) is 14.2. The van der Waals surface area contributed by atoms with Crippen LogP contribution >= 0.6 is 15.6 Å². The second-order valence-electron chi connectivity index (χ2n) is 28.0. The lowest BCUT2D eigenvalue weighted by atomic mass is 10.0. The second kappa shape index (κ2) is 68.3. The lowest BCUT2D eigenvalue weighted by Crippen LogP contribution is -2.30. The first-order chi connectivity index (χ1) is 46.4.